The molecule has 1 saturated heterocycles. The van der Waals surface area contributed by atoms with Gasteiger partial charge in [-0.15, -0.1) is 0 Å². The Bertz CT molecular complexity index is 903. The quantitative estimate of drug-likeness (QED) is 0.625. The zero-order chi connectivity index (χ0) is 17.4. The number of rotatable bonds is 3. The minimum absolute atomic E-state index is 0.160. The zero-order valence-electron chi connectivity index (χ0n) is 13.8. The van der Waals surface area contributed by atoms with Crippen LogP contribution in [0.1, 0.15) is 0 Å². The van der Waals surface area contributed by atoms with E-state index in [0.29, 0.717) is 32.3 Å². The molecule has 1 fully saturated rings. The van der Waals surface area contributed by atoms with Crippen molar-refractivity contribution in [2.24, 2.45) is 14.1 Å². The Morgan fingerprint density at radius 2 is 1.88 bits per heavy atom. The second-order valence-electron chi connectivity index (χ2n) is 5.55. The number of fused-ring (bicyclic) bond motifs is 1. The van der Waals surface area contributed by atoms with Crippen molar-refractivity contribution in [3.8, 4) is 0 Å². The maximum Gasteiger partial charge on any atom is 0.332 e. The summed E-state index contributed by atoms with van der Waals surface area (Å²) in [6, 6.07) is 0. The standard InChI is InChI=1S/C14H19N5O5/c1-16-11-10(12(21)17(2)14(16)22)19(8-9(20)23-3)13(15-11)18-4-6-24-7-5-18/h4-8H2,1-3H3. The van der Waals surface area contributed by atoms with Crippen LogP contribution in [0.2, 0.25) is 0 Å². The van der Waals surface area contributed by atoms with Gasteiger partial charge in [0.2, 0.25) is 5.95 Å². The minimum Gasteiger partial charge on any atom is -0.468 e. The summed E-state index contributed by atoms with van der Waals surface area (Å²) in [5, 5.41) is 0. The molecule has 1 aliphatic rings. The van der Waals surface area contributed by atoms with Gasteiger partial charge in [0.05, 0.1) is 20.3 Å². The Labute approximate surface area is 136 Å². The van der Waals surface area contributed by atoms with Crippen molar-refractivity contribution in [2.45, 2.75) is 6.54 Å². The molecule has 0 unspecified atom stereocenters. The molecule has 3 rings (SSSR count). The summed E-state index contributed by atoms with van der Waals surface area (Å²) in [7, 11) is 4.22. The third kappa shape index (κ3) is 2.48. The summed E-state index contributed by atoms with van der Waals surface area (Å²) in [5.74, 6) is -0.0447. The molecule has 0 atom stereocenters. The molecule has 2 aromatic rings. The molecule has 0 saturated carbocycles. The highest BCUT2D eigenvalue weighted by molar-refractivity contribution is 5.78. The molecule has 10 nitrogen and oxygen atoms in total. The van der Waals surface area contributed by atoms with Crippen LogP contribution in [-0.2, 0) is 34.9 Å². The topological polar surface area (TPSA) is 101 Å². The van der Waals surface area contributed by atoms with E-state index in [-0.39, 0.29) is 17.7 Å². The van der Waals surface area contributed by atoms with Crippen LogP contribution in [0.15, 0.2) is 9.59 Å². The summed E-state index contributed by atoms with van der Waals surface area (Å²) < 4.78 is 13.9. The molecule has 0 aliphatic carbocycles. The molecule has 0 N–H and O–H groups in total. The first-order valence-corrected chi connectivity index (χ1v) is 7.51. The Hall–Kier alpha value is -2.62. The van der Waals surface area contributed by atoms with Gasteiger partial charge in [-0.2, -0.15) is 4.98 Å². The number of anilines is 1. The molecule has 2 aromatic heterocycles. The van der Waals surface area contributed by atoms with Gasteiger partial charge in [-0.05, 0) is 0 Å². The molecule has 0 radical (unpaired) electrons. The van der Waals surface area contributed by atoms with E-state index in [1.165, 1.54) is 23.3 Å². The predicted molar refractivity (Wildman–Crippen MR) is 85.3 cm³/mol. The molecule has 3 heterocycles. The average Bonchev–Trinajstić information content (AvgIpc) is 2.98. The maximum atomic E-state index is 12.6. The number of hydrogen-bond acceptors (Lipinski definition) is 7. The van der Waals surface area contributed by atoms with Crippen LogP contribution < -0.4 is 16.1 Å². The van der Waals surface area contributed by atoms with Crippen LogP contribution in [0.3, 0.4) is 0 Å². The lowest BCUT2D eigenvalue weighted by atomic mass is 10.4. The van der Waals surface area contributed by atoms with E-state index < -0.39 is 17.2 Å². The van der Waals surface area contributed by atoms with Crippen LogP contribution >= 0.6 is 0 Å². The van der Waals surface area contributed by atoms with Gasteiger partial charge in [-0.25, -0.2) is 4.79 Å². The lowest BCUT2D eigenvalue weighted by Crippen LogP contribution is -2.39. The predicted octanol–water partition coefficient (Wildman–Crippen LogP) is -1.56. The SMILES string of the molecule is COC(=O)Cn1c(N2CCOCC2)nc2c1c(=O)n(C)c(=O)n2C. The Morgan fingerprint density at radius 1 is 1.21 bits per heavy atom. The molecule has 130 valence electrons. The molecule has 0 spiro atoms. The van der Waals surface area contributed by atoms with Gasteiger partial charge >= 0.3 is 11.7 Å². The van der Waals surface area contributed by atoms with E-state index in [2.05, 4.69) is 4.98 Å². The number of methoxy groups -OCH3 is 1. The second kappa shape index (κ2) is 6.11. The number of imidazole rings is 1. The summed E-state index contributed by atoms with van der Waals surface area (Å²) >= 11 is 0. The van der Waals surface area contributed by atoms with Crippen molar-refractivity contribution in [2.75, 3.05) is 38.3 Å². The first kappa shape index (κ1) is 16.2. The van der Waals surface area contributed by atoms with Crippen LogP contribution in [0, 0.1) is 0 Å². The smallest absolute Gasteiger partial charge is 0.332 e. The molecule has 0 amide bonds. The molecule has 0 aromatic carbocycles. The molecular weight excluding hydrogens is 318 g/mol. The van der Waals surface area contributed by atoms with Gasteiger partial charge in [0, 0.05) is 27.2 Å². The molecule has 0 bridgehead atoms. The number of hydrogen-bond donors (Lipinski definition) is 0. The number of aryl methyl sites for hydroxylation is 1. The average molecular weight is 337 g/mol. The number of ether oxygens (including phenoxy) is 2. The summed E-state index contributed by atoms with van der Waals surface area (Å²) in [4.78, 5) is 42.9. The van der Waals surface area contributed by atoms with Crippen LogP contribution in [0.4, 0.5) is 5.95 Å². The van der Waals surface area contributed by atoms with Gasteiger partial charge in [0.25, 0.3) is 5.56 Å². The Kier molecular flexibility index (Phi) is 4.14. The largest absolute Gasteiger partial charge is 0.468 e. The molecule has 10 heteroatoms. The number of aromatic nitrogens is 4. The fraction of sp³-hybridized carbons (Fsp3) is 0.571. The van der Waals surface area contributed by atoms with Crippen molar-refractivity contribution in [1.29, 1.82) is 0 Å². The fourth-order valence-corrected chi connectivity index (χ4v) is 2.78. The molecular formula is C14H19N5O5. The van der Waals surface area contributed by atoms with E-state index in [0.717, 1.165) is 4.57 Å². The lowest BCUT2D eigenvalue weighted by Gasteiger charge is -2.28. The summed E-state index contributed by atoms with van der Waals surface area (Å²) in [5.41, 5.74) is -0.521. The highest BCUT2D eigenvalue weighted by Gasteiger charge is 2.25. The Morgan fingerprint density at radius 3 is 2.50 bits per heavy atom. The summed E-state index contributed by atoms with van der Waals surface area (Å²) in [6.45, 7) is 2.06. The second-order valence-corrected chi connectivity index (χ2v) is 5.55. The Balaban J connectivity index is 2.30. The number of nitrogens with zero attached hydrogens (tertiary/aromatic N) is 5. The number of carbonyl (C=O) groups excluding carboxylic acids is 1. The number of carbonyl (C=O) groups is 1. The van der Waals surface area contributed by atoms with Gasteiger partial charge in [-0.1, -0.05) is 0 Å². The van der Waals surface area contributed by atoms with E-state index in [4.69, 9.17) is 9.47 Å². The lowest BCUT2D eigenvalue weighted by molar-refractivity contribution is -0.141. The number of morpholine rings is 1. The monoisotopic (exact) mass is 337 g/mol. The van der Waals surface area contributed by atoms with Gasteiger partial charge in [0.15, 0.2) is 11.2 Å². The highest BCUT2D eigenvalue weighted by atomic mass is 16.5. The van der Waals surface area contributed by atoms with Crippen molar-refractivity contribution in [3.05, 3.63) is 20.8 Å². The summed E-state index contributed by atoms with van der Waals surface area (Å²) in [6.07, 6.45) is 0. The van der Waals surface area contributed by atoms with Crippen molar-refractivity contribution >= 4 is 23.1 Å². The van der Waals surface area contributed by atoms with Gasteiger partial charge < -0.3 is 14.4 Å². The number of esters is 1. The first-order chi connectivity index (χ1) is 11.5. The third-order valence-electron chi connectivity index (χ3n) is 4.14. The van der Waals surface area contributed by atoms with E-state index in [1.54, 1.807) is 7.05 Å². The minimum atomic E-state index is -0.500. The molecule has 1 aliphatic heterocycles. The van der Waals surface area contributed by atoms with Gasteiger partial charge in [0.1, 0.15) is 6.54 Å². The highest BCUT2D eigenvalue weighted by Crippen LogP contribution is 2.20. The molecule has 24 heavy (non-hydrogen) atoms. The van der Waals surface area contributed by atoms with Crippen LogP contribution in [0.25, 0.3) is 11.2 Å². The van der Waals surface area contributed by atoms with E-state index in [1.807, 2.05) is 4.90 Å². The van der Waals surface area contributed by atoms with Crippen molar-refractivity contribution in [3.63, 3.8) is 0 Å². The van der Waals surface area contributed by atoms with Crippen LogP contribution in [0.5, 0.6) is 0 Å². The van der Waals surface area contributed by atoms with E-state index >= 15 is 0 Å². The van der Waals surface area contributed by atoms with Crippen molar-refractivity contribution < 1.29 is 14.3 Å². The maximum absolute atomic E-state index is 12.6. The van der Waals surface area contributed by atoms with Crippen molar-refractivity contribution in [1.82, 2.24) is 18.7 Å². The fourth-order valence-electron chi connectivity index (χ4n) is 2.78. The normalized spacial score (nSPS) is 15.0. The first-order valence-electron chi connectivity index (χ1n) is 7.51. The van der Waals surface area contributed by atoms with Crippen LogP contribution in [-0.4, -0.2) is 58.1 Å². The van der Waals surface area contributed by atoms with Gasteiger partial charge in [-0.3, -0.25) is 23.3 Å². The third-order valence-corrected chi connectivity index (χ3v) is 4.14. The van der Waals surface area contributed by atoms with E-state index in [9.17, 15) is 14.4 Å². The zero-order valence-corrected chi connectivity index (χ0v) is 13.8.